The average molecular weight is 278 g/mol. The minimum absolute atomic E-state index is 0.199. The predicted molar refractivity (Wildman–Crippen MR) is 84.3 cm³/mol. The van der Waals surface area contributed by atoms with Gasteiger partial charge in [0.1, 0.15) is 5.58 Å². The predicted octanol–water partition coefficient (Wildman–Crippen LogP) is 4.20. The van der Waals surface area contributed by atoms with Gasteiger partial charge in [0, 0.05) is 11.1 Å². The minimum atomic E-state index is -0.415. The molecule has 0 aliphatic rings. The fraction of sp³-hybridized carbons (Fsp3) is 0.0556. The van der Waals surface area contributed by atoms with Crippen LogP contribution in [0.4, 0.5) is 0 Å². The second-order valence-corrected chi connectivity index (χ2v) is 4.70. The summed E-state index contributed by atoms with van der Waals surface area (Å²) in [5, 5.41) is 10.5. The number of hydrogen-bond donors (Lipinski definition) is 1. The zero-order chi connectivity index (χ0) is 14.8. The maximum Gasteiger partial charge on any atom is 0.235 e. The van der Waals surface area contributed by atoms with Crippen molar-refractivity contribution < 1.29 is 9.52 Å². The molecule has 0 radical (unpaired) electrons. The van der Waals surface area contributed by atoms with Crippen molar-refractivity contribution in [2.45, 2.75) is 6.92 Å². The van der Waals surface area contributed by atoms with Crippen molar-refractivity contribution in [3.8, 4) is 17.1 Å². The molecule has 0 spiro atoms. The molecular weight excluding hydrogens is 264 g/mol. The Morgan fingerprint density at radius 1 is 1.05 bits per heavy atom. The number of benzene rings is 2. The molecule has 3 rings (SSSR count). The van der Waals surface area contributed by atoms with Crippen molar-refractivity contribution in [3.05, 3.63) is 70.4 Å². The van der Waals surface area contributed by atoms with Crippen molar-refractivity contribution in [3.63, 3.8) is 0 Å². The van der Waals surface area contributed by atoms with Crippen LogP contribution in [0.2, 0.25) is 0 Å². The first kappa shape index (κ1) is 13.2. The topological polar surface area (TPSA) is 50.4 Å². The van der Waals surface area contributed by atoms with Crippen LogP contribution in [-0.2, 0) is 0 Å². The normalized spacial score (nSPS) is 11.3. The lowest BCUT2D eigenvalue weighted by Gasteiger charge is -2.07. The zero-order valence-corrected chi connectivity index (χ0v) is 11.5. The van der Waals surface area contributed by atoms with E-state index in [1.807, 2.05) is 43.3 Å². The Hall–Kier alpha value is -2.81. The Balaban J connectivity index is 2.40. The highest BCUT2D eigenvalue weighted by Crippen LogP contribution is 2.31. The molecule has 21 heavy (non-hydrogen) atoms. The number of para-hydroxylation sites is 1. The van der Waals surface area contributed by atoms with Crippen molar-refractivity contribution in [1.29, 1.82) is 0 Å². The second-order valence-electron chi connectivity index (χ2n) is 4.70. The van der Waals surface area contributed by atoms with Gasteiger partial charge < -0.3 is 9.52 Å². The second kappa shape index (κ2) is 5.29. The molecule has 1 N–H and O–H groups in total. The molecule has 0 bridgehead atoms. The summed E-state index contributed by atoms with van der Waals surface area (Å²) in [5.74, 6) is -0.156. The van der Waals surface area contributed by atoms with E-state index >= 15 is 0 Å². The minimum Gasteiger partial charge on any atom is -0.502 e. The maximum absolute atomic E-state index is 12.3. The van der Waals surface area contributed by atoms with E-state index in [0.717, 1.165) is 5.56 Å². The van der Waals surface area contributed by atoms with Crippen LogP contribution >= 0.6 is 0 Å². The Morgan fingerprint density at radius 3 is 2.52 bits per heavy atom. The number of rotatable bonds is 2. The van der Waals surface area contributed by atoms with E-state index in [4.69, 9.17) is 4.42 Å². The first-order valence-electron chi connectivity index (χ1n) is 6.69. The fourth-order valence-electron chi connectivity index (χ4n) is 2.32. The monoisotopic (exact) mass is 278 g/mol. The summed E-state index contributed by atoms with van der Waals surface area (Å²) in [4.78, 5) is 12.3. The molecule has 0 fully saturated rings. The molecule has 0 unspecified atom stereocenters. The Kier molecular flexibility index (Phi) is 3.32. The summed E-state index contributed by atoms with van der Waals surface area (Å²) in [7, 11) is 0. The van der Waals surface area contributed by atoms with Gasteiger partial charge in [-0.25, -0.2) is 0 Å². The molecule has 1 heterocycles. The molecule has 3 heteroatoms. The maximum atomic E-state index is 12.3. The third kappa shape index (κ3) is 2.23. The highest BCUT2D eigenvalue weighted by molar-refractivity contribution is 5.88. The number of hydrogen-bond acceptors (Lipinski definition) is 3. The van der Waals surface area contributed by atoms with Crippen LogP contribution in [0.5, 0.6) is 5.75 Å². The van der Waals surface area contributed by atoms with Crippen molar-refractivity contribution in [1.82, 2.24) is 0 Å². The van der Waals surface area contributed by atoms with Crippen molar-refractivity contribution in [2.75, 3.05) is 0 Å². The van der Waals surface area contributed by atoms with Crippen LogP contribution in [0.1, 0.15) is 12.5 Å². The lowest BCUT2D eigenvalue weighted by molar-refractivity contribution is 0.449. The quantitative estimate of drug-likeness (QED) is 0.764. The van der Waals surface area contributed by atoms with Gasteiger partial charge in [0.2, 0.25) is 11.2 Å². The third-order valence-electron chi connectivity index (χ3n) is 3.31. The average Bonchev–Trinajstić information content (AvgIpc) is 2.52. The van der Waals surface area contributed by atoms with Gasteiger partial charge in [0.25, 0.3) is 0 Å². The summed E-state index contributed by atoms with van der Waals surface area (Å²) in [6.45, 7) is 1.90. The van der Waals surface area contributed by atoms with Crippen molar-refractivity contribution in [2.24, 2.45) is 0 Å². The molecular formula is C18H14O3. The van der Waals surface area contributed by atoms with Gasteiger partial charge in [-0.1, -0.05) is 54.6 Å². The van der Waals surface area contributed by atoms with E-state index in [-0.39, 0.29) is 11.5 Å². The Morgan fingerprint density at radius 2 is 1.81 bits per heavy atom. The molecule has 104 valence electrons. The van der Waals surface area contributed by atoms with Crippen LogP contribution in [0.25, 0.3) is 28.4 Å². The van der Waals surface area contributed by atoms with Crippen LogP contribution in [0.3, 0.4) is 0 Å². The van der Waals surface area contributed by atoms with Gasteiger partial charge in [-0.2, -0.15) is 0 Å². The largest absolute Gasteiger partial charge is 0.502 e. The van der Waals surface area contributed by atoms with Crippen LogP contribution < -0.4 is 5.43 Å². The van der Waals surface area contributed by atoms with Gasteiger partial charge in [-0.15, -0.1) is 0 Å². The molecule has 1 aromatic heterocycles. The molecule has 0 atom stereocenters. The molecule has 0 aliphatic heterocycles. The highest BCUT2D eigenvalue weighted by atomic mass is 16.4. The third-order valence-corrected chi connectivity index (χ3v) is 3.31. The lowest BCUT2D eigenvalue weighted by atomic mass is 10.1. The number of aromatic hydroxyl groups is 1. The standard InChI is InChI=1S/C18H14O3/c1-2-7-12-10-6-11-14-15(19)16(20)18(21-17(12)14)13-8-4-3-5-9-13/h2-11,20H,1H3/b7-2-. The SMILES string of the molecule is C/C=C\c1cccc2c(=O)c(O)c(-c3ccccc3)oc12. The van der Waals surface area contributed by atoms with E-state index in [0.29, 0.717) is 16.5 Å². The molecule has 0 aliphatic carbocycles. The van der Waals surface area contributed by atoms with E-state index in [2.05, 4.69) is 0 Å². The van der Waals surface area contributed by atoms with Gasteiger partial charge in [0.15, 0.2) is 5.76 Å². The van der Waals surface area contributed by atoms with Gasteiger partial charge in [-0.05, 0) is 13.0 Å². The van der Waals surface area contributed by atoms with E-state index in [1.165, 1.54) is 0 Å². The summed E-state index contributed by atoms with van der Waals surface area (Å²) in [6.07, 6.45) is 3.75. The lowest BCUT2D eigenvalue weighted by Crippen LogP contribution is -2.03. The molecule has 0 saturated heterocycles. The van der Waals surface area contributed by atoms with Crippen LogP contribution in [0, 0.1) is 0 Å². The first-order chi connectivity index (χ1) is 10.2. The highest BCUT2D eigenvalue weighted by Gasteiger charge is 2.16. The molecule has 0 saturated carbocycles. The molecule has 3 aromatic rings. The summed E-state index contributed by atoms with van der Waals surface area (Å²) < 4.78 is 5.84. The van der Waals surface area contributed by atoms with E-state index < -0.39 is 5.43 Å². The van der Waals surface area contributed by atoms with Crippen LogP contribution in [0.15, 0.2) is 63.8 Å². The number of fused-ring (bicyclic) bond motifs is 1. The summed E-state index contributed by atoms with van der Waals surface area (Å²) in [5.41, 5.74) is 1.55. The Labute approximate surface area is 121 Å². The first-order valence-corrected chi connectivity index (χ1v) is 6.69. The van der Waals surface area contributed by atoms with E-state index in [9.17, 15) is 9.90 Å². The van der Waals surface area contributed by atoms with Gasteiger partial charge in [-0.3, -0.25) is 4.79 Å². The number of allylic oxidation sites excluding steroid dienone is 1. The fourth-order valence-corrected chi connectivity index (χ4v) is 2.32. The Bertz CT molecular complexity index is 874. The van der Waals surface area contributed by atoms with Gasteiger partial charge >= 0.3 is 0 Å². The molecule has 3 nitrogen and oxygen atoms in total. The molecule has 2 aromatic carbocycles. The summed E-state index contributed by atoms with van der Waals surface area (Å²) in [6, 6.07) is 14.4. The zero-order valence-electron chi connectivity index (χ0n) is 11.5. The summed E-state index contributed by atoms with van der Waals surface area (Å²) >= 11 is 0. The molecule has 0 amide bonds. The van der Waals surface area contributed by atoms with E-state index in [1.54, 1.807) is 24.3 Å². The van der Waals surface area contributed by atoms with Gasteiger partial charge in [0.05, 0.1) is 5.39 Å². The smallest absolute Gasteiger partial charge is 0.235 e. The van der Waals surface area contributed by atoms with Crippen LogP contribution in [-0.4, -0.2) is 5.11 Å². The van der Waals surface area contributed by atoms with Crippen molar-refractivity contribution >= 4 is 17.0 Å².